The summed E-state index contributed by atoms with van der Waals surface area (Å²) >= 11 is 0. The summed E-state index contributed by atoms with van der Waals surface area (Å²) in [7, 11) is 0. The van der Waals surface area contributed by atoms with Gasteiger partial charge in [-0.3, -0.25) is 0 Å². The third-order valence-corrected chi connectivity index (χ3v) is 12.6. The van der Waals surface area contributed by atoms with E-state index in [0.717, 1.165) is 70.2 Å². The van der Waals surface area contributed by atoms with E-state index in [9.17, 15) is 0 Å². The predicted molar refractivity (Wildman–Crippen MR) is 224 cm³/mol. The van der Waals surface area contributed by atoms with Gasteiger partial charge >= 0.3 is 0 Å². The Morgan fingerprint density at radius 3 is 1.23 bits per heavy atom. The van der Waals surface area contributed by atoms with Gasteiger partial charge in [0.05, 0.1) is 22.4 Å². The van der Waals surface area contributed by atoms with Gasteiger partial charge in [0.25, 0.3) is 0 Å². The highest BCUT2D eigenvalue weighted by Gasteiger charge is 2.25. The van der Waals surface area contributed by atoms with Crippen LogP contribution in [0.15, 0.2) is 72.8 Å². The van der Waals surface area contributed by atoms with E-state index < -0.39 is 0 Å². The van der Waals surface area contributed by atoms with Gasteiger partial charge in [0.1, 0.15) is 0 Å². The van der Waals surface area contributed by atoms with Crippen LogP contribution < -0.4 is 0 Å². The molecule has 4 heteroatoms. The average Bonchev–Trinajstić information content (AvgIpc) is 3.94. The highest BCUT2D eigenvalue weighted by atomic mass is 14.8. The number of hydrogen-bond acceptors (Lipinski definition) is 2. The second-order valence-electron chi connectivity index (χ2n) is 15.0. The van der Waals surface area contributed by atoms with E-state index in [1.807, 2.05) is 0 Å². The number of H-pyrrole nitrogens is 2. The first kappa shape index (κ1) is 29.9. The maximum atomic E-state index is 5.61. The van der Waals surface area contributed by atoms with Crippen LogP contribution in [0.3, 0.4) is 0 Å². The summed E-state index contributed by atoms with van der Waals surface area (Å²) in [6.07, 6.45) is 3.75. The number of aryl methyl sites for hydroxylation is 4. The number of nitrogens with one attached hydrogen (secondary N) is 2. The van der Waals surface area contributed by atoms with E-state index in [4.69, 9.17) is 9.97 Å². The van der Waals surface area contributed by atoms with Crippen molar-refractivity contribution < 1.29 is 0 Å². The fourth-order valence-corrected chi connectivity index (χ4v) is 10.2. The van der Waals surface area contributed by atoms with Gasteiger partial charge < -0.3 is 9.97 Å². The first-order chi connectivity index (χ1) is 25.4. The zero-order valence-corrected chi connectivity index (χ0v) is 30.7. The summed E-state index contributed by atoms with van der Waals surface area (Å²) in [6, 6.07) is 27.8. The molecule has 0 saturated carbocycles. The first-order valence-corrected chi connectivity index (χ1v) is 19.1. The van der Waals surface area contributed by atoms with Gasteiger partial charge in [-0.15, -0.1) is 0 Å². The van der Waals surface area contributed by atoms with E-state index in [2.05, 4.69) is 124 Å². The lowest BCUT2D eigenvalue weighted by molar-refractivity contribution is 1.14. The number of allylic oxidation sites excluding steroid dienone is 2. The zero-order chi connectivity index (χ0) is 35.2. The Morgan fingerprint density at radius 1 is 0.423 bits per heavy atom. The van der Waals surface area contributed by atoms with Gasteiger partial charge in [0.15, 0.2) is 0 Å². The zero-order valence-electron chi connectivity index (χ0n) is 30.7. The molecule has 0 unspecified atom stereocenters. The van der Waals surface area contributed by atoms with Crippen LogP contribution in [-0.4, -0.2) is 19.9 Å². The molecule has 2 N–H and O–H groups in total. The predicted octanol–water partition coefficient (Wildman–Crippen LogP) is 13.3. The normalized spacial score (nSPS) is 13.4. The highest BCUT2D eigenvalue weighted by Crippen LogP contribution is 2.52. The molecule has 0 saturated heterocycles. The molecule has 1 aliphatic rings. The summed E-state index contributed by atoms with van der Waals surface area (Å²) in [5.41, 5.74) is 16.6. The molecular formula is C48H40N4. The van der Waals surface area contributed by atoms with Crippen molar-refractivity contribution in [3.05, 3.63) is 106 Å². The number of hydrogen-bond donors (Lipinski definition) is 2. The lowest BCUT2D eigenvalue weighted by Gasteiger charge is -2.08. The van der Waals surface area contributed by atoms with Crippen LogP contribution in [0.2, 0.25) is 0 Å². The second-order valence-corrected chi connectivity index (χ2v) is 15.0. The van der Waals surface area contributed by atoms with Crippen LogP contribution >= 0.6 is 0 Å². The Balaban J connectivity index is 1.42. The van der Waals surface area contributed by atoms with E-state index >= 15 is 0 Å². The SMILES string of the molecule is CCC1=C(CC)c2cc3[nH]c(cc4nc(cc5[nH]c(cc1n2)c(C)c5CC)c1c2ccc5ccc6ccc7ccc(c41)c1c7c6c5c21)c(CC)c3C. The quantitative estimate of drug-likeness (QED) is 0.183. The van der Waals surface area contributed by atoms with Crippen LogP contribution in [0, 0.1) is 13.8 Å². The lowest BCUT2D eigenvalue weighted by Crippen LogP contribution is -1.83. The van der Waals surface area contributed by atoms with Crippen molar-refractivity contribution >= 4 is 109 Å². The minimum atomic E-state index is 0.928. The maximum absolute atomic E-state index is 5.61. The third-order valence-electron chi connectivity index (χ3n) is 12.6. The molecule has 8 bridgehead atoms. The highest BCUT2D eigenvalue weighted by molar-refractivity contribution is 6.50. The molecule has 0 spiro atoms. The fraction of sp³-hybridized carbons (Fsp3) is 0.208. The summed E-state index contributed by atoms with van der Waals surface area (Å²) in [5.74, 6) is 0. The molecule has 1 aliphatic heterocycles. The van der Waals surface area contributed by atoms with Crippen molar-refractivity contribution in [3.8, 4) is 0 Å². The van der Waals surface area contributed by atoms with Gasteiger partial charge in [-0.05, 0) is 151 Å². The molecule has 11 rings (SSSR count). The van der Waals surface area contributed by atoms with Crippen LogP contribution in [0.5, 0.6) is 0 Å². The topological polar surface area (TPSA) is 57.4 Å². The summed E-state index contributed by atoms with van der Waals surface area (Å²) in [6.45, 7) is 13.5. The van der Waals surface area contributed by atoms with Crippen molar-refractivity contribution in [2.45, 2.75) is 67.2 Å². The van der Waals surface area contributed by atoms with Crippen molar-refractivity contribution in [2.75, 3.05) is 0 Å². The molecule has 5 heterocycles. The van der Waals surface area contributed by atoms with Gasteiger partial charge in [0, 0.05) is 32.8 Å². The largest absolute Gasteiger partial charge is 0.355 e. The van der Waals surface area contributed by atoms with E-state index in [-0.39, 0.29) is 0 Å². The Morgan fingerprint density at radius 2 is 0.827 bits per heavy atom. The summed E-state index contributed by atoms with van der Waals surface area (Å²) in [5, 5.41) is 15.9. The van der Waals surface area contributed by atoms with E-state index in [1.165, 1.54) is 98.0 Å². The molecule has 4 nitrogen and oxygen atoms in total. The number of nitrogens with zero attached hydrogens (tertiary/aromatic N) is 2. The molecular weight excluding hydrogens is 633 g/mol. The molecule has 6 aromatic carbocycles. The molecule has 0 atom stereocenters. The monoisotopic (exact) mass is 672 g/mol. The molecule has 0 aliphatic carbocycles. The molecule has 0 amide bonds. The van der Waals surface area contributed by atoms with E-state index in [1.54, 1.807) is 0 Å². The maximum Gasteiger partial charge on any atom is 0.0743 e. The van der Waals surface area contributed by atoms with Gasteiger partial charge in [-0.2, -0.15) is 0 Å². The van der Waals surface area contributed by atoms with Crippen molar-refractivity contribution in [1.82, 2.24) is 19.9 Å². The lowest BCUT2D eigenvalue weighted by atomic mass is 9.94. The van der Waals surface area contributed by atoms with Crippen LogP contribution in [0.25, 0.3) is 109 Å². The standard InChI is InChI=1S/C48H40N4/c1-7-28-23(5)34-19-38-30(9-3)31(10-4)39(51-38)20-35-24(6)29(8-2)37(50-35)22-41-46-33-18-16-27-14-12-25-11-13-26-15-17-32(45(46)40(52-41)21-36(28)49-34)47-43(26)42(25)44(27)48(33)47/h11-22,49-50H,7-10H2,1-6H3. The Kier molecular flexibility index (Phi) is 6.00. The second kappa shape index (κ2) is 10.4. The number of aromatic amines is 2. The van der Waals surface area contributed by atoms with Gasteiger partial charge in [0.2, 0.25) is 0 Å². The van der Waals surface area contributed by atoms with Crippen molar-refractivity contribution in [3.63, 3.8) is 0 Å². The number of benzene rings is 5. The molecule has 0 fully saturated rings. The Bertz CT molecular complexity index is 3080. The molecule has 4 aromatic heterocycles. The minimum absolute atomic E-state index is 0.928. The molecule has 10 aromatic rings. The summed E-state index contributed by atoms with van der Waals surface area (Å²) in [4.78, 5) is 18.7. The number of rotatable bonds is 4. The van der Waals surface area contributed by atoms with Crippen LogP contribution in [-0.2, 0) is 12.8 Å². The van der Waals surface area contributed by atoms with Crippen molar-refractivity contribution in [1.29, 1.82) is 0 Å². The molecule has 252 valence electrons. The van der Waals surface area contributed by atoms with Crippen LogP contribution in [0.4, 0.5) is 0 Å². The average molecular weight is 673 g/mol. The fourth-order valence-electron chi connectivity index (χ4n) is 10.2. The third kappa shape index (κ3) is 3.67. The Hall–Kier alpha value is -5.74. The van der Waals surface area contributed by atoms with Gasteiger partial charge in [-0.25, -0.2) is 9.97 Å². The van der Waals surface area contributed by atoms with Crippen molar-refractivity contribution in [2.24, 2.45) is 0 Å². The van der Waals surface area contributed by atoms with Crippen LogP contribution in [0.1, 0.15) is 74.2 Å². The minimum Gasteiger partial charge on any atom is -0.355 e. The molecule has 52 heavy (non-hydrogen) atoms. The Labute approximate surface area is 301 Å². The van der Waals surface area contributed by atoms with Gasteiger partial charge in [-0.1, -0.05) is 76.2 Å². The smallest absolute Gasteiger partial charge is 0.0743 e. The number of aromatic nitrogens is 4. The number of fused-ring (bicyclic) bond motifs is 13. The molecule has 0 radical (unpaired) electrons. The van der Waals surface area contributed by atoms with E-state index in [0.29, 0.717) is 0 Å². The first-order valence-electron chi connectivity index (χ1n) is 19.1. The summed E-state index contributed by atoms with van der Waals surface area (Å²) < 4.78 is 0.